The molecule has 5 atom stereocenters. The lowest BCUT2D eigenvalue weighted by molar-refractivity contribution is -0.135. The molecule has 0 aliphatic carbocycles. The fourth-order valence-electron chi connectivity index (χ4n) is 4.60. The van der Waals surface area contributed by atoms with E-state index in [-0.39, 0.29) is 23.8 Å². The van der Waals surface area contributed by atoms with E-state index in [0.717, 1.165) is 11.1 Å². The van der Waals surface area contributed by atoms with Crippen molar-refractivity contribution in [3.63, 3.8) is 0 Å². The number of hydrogen-bond donors (Lipinski definition) is 2. The Kier molecular flexibility index (Phi) is 7.46. The van der Waals surface area contributed by atoms with E-state index in [1.165, 1.54) is 12.1 Å². The van der Waals surface area contributed by atoms with Crippen LogP contribution in [0.4, 0.5) is 4.39 Å². The maximum absolute atomic E-state index is 14.2. The molecule has 0 radical (unpaired) electrons. The molecule has 0 aromatic heterocycles. The highest BCUT2D eigenvalue weighted by Gasteiger charge is 2.45. The van der Waals surface area contributed by atoms with E-state index in [1.807, 2.05) is 13.8 Å². The molecular weight excluding hydrogens is 436 g/mol. The first-order valence-electron chi connectivity index (χ1n) is 10.4. The van der Waals surface area contributed by atoms with Gasteiger partial charge in [-0.3, -0.25) is 4.79 Å². The Bertz CT molecular complexity index is 929. The zero-order chi connectivity index (χ0) is 22.8. The fraction of sp³-hybridized carbons (Fsp3) is 0.400. The Hall–Kier alpha value is -1.88. The molecule has 1 aliphatic rings. The third kappa shape index (κ3) is 5.49. The summed E-state index contributed by atoms with van der Waals surface area (Å²) in [6, 6.07) is 11.3. The summed E-state index contributed by atoms with van der Waals surface area (Å²) >= 11 is 12.1. The summed E-state index contributed by atoms with van der Waals surface area (Å²) in [5.74, 6) is -0.681. The van der Waals surface area contributed by atoms with Crippen LogP contribution in [0.1, 0.15) is 56.3 Å². The smallest absolute Gasteiger partial charge is 0.226 e. The van der Waals surface area contributed by atoms with E-state index < -0.39 is 17.3 Å². The van der Waals surface area contributed by atoms with Crippen molar-refractivity contribution in [3.05, 3.63) is 82.1 Å². The largest absolute Gasteiger partial charge is 0.388 e. The second-order valence-electron chi connectivity index (χ2n) is 8.85. The number of carbonyl (C=O) groups excluding carboxylic acids is 1. The van der Waals surface area contributed by atoms with Crippen molar-refractivity contribution in [3.8, 4) is 0 Å². The predicted molar refractivity (Wildman–Crippen MR) is 124 cm³/mol. The second-order valence-corrected chi connectivity index (χ2v) is 9.72. The zero-order valence-electron chi connectivity index (χ0n) is 17.7. The molecule has 2 aromatic carbocycles. The lowest BCUT2D eigenvalue weighted by atomic mass is 9.67. The van der Waals surface area contributed by atoms with E-state index in [1.54, 1.807) is 36.4 Å². The summed E-state index contributed by atoms with van der Waals surface area (Å²) in [6.07, 6.45) is 2.53. The molecule has 31 heavy (non-hydrogen) atoms. The highest BCUT2D eigenvalue weighted by atomic mass is 35.5. The molecule has 1 fully saturated rings. The number of aliphatic hydroxyl groups is 1. The van der Waals surface area contributed by atoms with Crippen molar-refractivity contribution >= 4 is 29.1 Å². The van der Waals surface area contributed by atoms with Crippen LogP contribution in [-0.4, -0.2) is 17.1 Å². The maximum atomic E-state index is 14.2. The van der Waals surface area contributed by atoms with Crippen LogP contribution in [0, 0.1) is 17.2 Å². The topological polar surface area (TPSA) is 49.3 Å². The van der Waals surface area contributed by atoms with Crippen LogP contribution in [-0.2, 0) is 4.79 Å². The van der Waals surface area contributed by atoms with Gasteiger partial charge in [0.15, 0.2) is 0 Å². The van der Waals surface area contributed by atoms with Crippen molar-refractivity contribution in [1.29, 1.82) is 0 Å². The van der Waals surface area contributed by atoms with E-state index in [0.29, 0.717) is 29.3 Å². The first-order chi connectivity index (χ1) is 14.6. The van der Waals surface area contributed by atoms with Gasteiger partial charge in [-0.15, -0.1) is 6.58 Å². The lowest BCUT2D eigenvalue weighted by Crippen LogP contribution is -2.55. The van der Waals surface area contributed by atoms with Crippen LogP contribution in [0.15, 0.2) is 55.1 Å². The monoisotopic (exact) mass is 463 g/mol. The van der Waals surface area contributed by atoms with Crippen molar-refractivity contribution in [2.45, 2.75) is 51.2 Å². The standard InChI is InChI=1S/C25H28Cl2FNO2/c1-4-9-25(3)14-21(17-11-19(27)13-20(28)12-17)23(29-24(25)31)15(2)10-22(30)16-5-7-18(26)8-6-16/h4-8,11-13,15,21-23,30H,1,9-10,14H2,2-3H3,(H,29,31)/t15?,21-,22+,23+,25+/m1/s1. The van der Waals surface area contributed by atoms with Crippen molar-refractivity contribution in [2.24, 2.45) is 11.3 Å². The summed E-state index contributed by atoms with van der Waals surface area (Å²) < 4.78 is 14.2. The zero-order valence-corrected chi connectivity index (χ0v) is 19.3. The third-order valence-electron chi connectivity index (χ3n) is 6.32. The van der Waals surface area contributed by atoms with Crippen LogP contribution in [0.5, 0.6) is 0 Å². The van der Waals surface area contributed by atoms with Gasteiger partial charge in [-0.05, 0) is 66.6 Å². The van der Waals surface area contributed by atoms with Crippen molar-refractivity contribution < 1.29 is 14.3 Å². The minimum Gasteiger partial charge on any atom is -0.388 e. The molecule has 1 heterocycles. The molecule has 3 rings (SSSR count). The Morgan fingerprint density at radius 3 is 2.55 bits per heavy atom. The van der Waals surface area contributed by atoms with Crippen molar-refractivity contribution in [2.75, 3.05) is 0 Å². The molecule has 1 unspecified atom stereocenters. The van der Waals surface area contributed by atoms with Gasteiger partial charge < -0.3 is 10.4 Å². The summed E-state index contributed by atoms with van der Waals surface area (Å²) in [7, 11) is 0. The van der Waals surface area contributed by atoms with Crippen LogP contribution in [0.2, 0.25) is 10.0 Å². The number of nitrogens with one attached hydrogen (secondary N) is 1. The third-order valence-corrected chi connectivity index (χ3v) is 6.79. The molecule has 1 aliphatic heterocycles. The lowest BCUT2D eigenvalue weighted by Gasteiger charge is -2.45. The first-order valence-corrected chi connectivity index (χ1v) is 11.2. The van der Waals surface area contributed by atoms with E-state index in [9.17, 15) is 14.3 Å². The number of rotatable bonds is 7. The van der Waals surface area contributed by atoms with Gasteiger partial charge in [-0.25, -0.2) is 4.39 Å². The van der Waals surface area contributed by atoms with Crippen molar-refractivity contribution in [1.82, 2.24) is 5.32 Å². The van der Waals surface area contributed by atoms with Gasteiger partial charge in [0.25, 0.3) is 0 Å². The van der Waals surface area contributed by atoms with Crippen LogP contribution in [0.25, 0.3) is 0 Å². The Balaban J connectivity index is 1.90. The molecule has 3 nitrogen and oxygen atoms in total. The Morgan fingerprint density at radius 1 is 1.26 bits per heavy atom. The van der Waals surface area contributed by atoms with Crippen LogP contribution < -0.4 is 5.32 Å². The number of hydrogen-bond acceptors (Lipinski definition) is 2. The van der Waals surface area contributed by atoms with E-state index in [4.69, 9.17) is 23.2 Å². The average molecular weight is 464 g/mol. The van der Waals surface area contributed by atoms with Crippen LogP contribution in [0.3, 0.4) is 0 Å². The number of piperidine rings is 1. The summed E-state index contributed by atoms with van der Waals surface area (Å²) in [6.45, 7) is 7.69. The number of aliphatic hydroxyl groups excluding tert-OH is 1. The van der Waals surface area contributed by atoms with Gasteiger partial charge in [-0.2, -0.15) is 0 Å². The van der Waals surface area contributed by atoms with Gasteiger partial charge >= 0.3 is 0 Å². The summed E-state index contributed by atoms with van der Waals surface area (Å²) in [5.41, 5.74) is 0.870. The Morgan fingerprint density at radius 2 is 1.94 bits per heavy atom. The number of carbonyl (C=O) groups is 1. The molecule has 2 N–H and O–H groups in total. The minimum atomic E-state index is -0.706. The maximum Gasteiger partial charge on any atom is 0.226 e. The molecule has 1 saturated heterocycles. The van der Waals surface area contributed by atoms with Gasteiger partial charge in [-0.1, -0.05) is 55.3 Å². The molecule has 0 saturated carbocycles. The van der Waals surface area contributed by atoms with Gasteiger partial charge in [0.1, 0.15) is 5.82 Å². The summed E-state index contributed by atoms with van der Waals surface area (Å²) in [4.78, 5) is 13.0. The SMILES string of the molecule is C=CC[C@@]1(C)C[C@H](c2cc(F)cc(Cl)c2)[C@H](C(C)C[C@H](O)c2ccc(Cl)cc2)NC1=O. The molecule has 1 amide bonds. The second kappa shape index (κ2) is 9.72. The normalized spacial score (nSPS) is 25.5. The number of allylic oxidation sites excluding steroid dienone is 1. The number of halogens is 3. The average Bonchev–Trinajstić information content (AvgIpc) is 2.69. The molecule has 2 aromatic rings. The van der Waals surface area contributed by atoms with Crippen LogP contribution >= 0.6 is 23.2 Å². The molecule has 0 spiro atoms. The Labute approximate surface area is 193 Å². The van der Waals surface area contributed by atoms with E-state index in [2.05, 4.69) is 11.9 Å². The van der Waals surface area contributed by atoms with Gasteiger partial charge in [0.2, 0.25) is 5.91 Å². The highest BCUT2D eigenvalue weighted by Crippen LogP contribution is 2.44. The van der Waals surface area contributed by atoms with E-state index >= 15 is 0 Å². The van der Waals surface area contributed by atoms with Gasteiger partial charge in [0.05, 0.1) is 11.5 Å². The molecule has 166 valence electrons. The fourth-order valence-corrected chi connectivity index (χ4v) is 4.96. The molecular formula is C25H28Cl2FNO2. The minimum absolute atomic E-state index is 0.0519. The number of benzene rings is 2. The summed E-state index contributed by atoms with van der Waals surface area (Å²) in [5, 5.41) is 14.8. The van der Waals surface area contributed by atoms with Gasteiger partial charge in [0, 0.05) is 22.0 Å². The first kappa shape index (κ1) is 23.8. The number of amides is 1. The highest BCUT2D eigenvalue weighted by molar-refractivity contribution is 6.30. The molecule has 0 bridgehead atoms. The molecule has 6 heteroatoms. The predicted octanol–water partition coefficient (Wildman–Crippen LogP) is 6.45. The quantitative estimate of drug-likeness (QED) is 0.463.